The third-order valence-corrected chi connectivity index (χ3v) is 3.22. The molecule has 1 aromatic heterocycles. The number of anilines is 1. The van der Waals surface area contributed by atoms with Crippen molar-refractivity contribution >= 4 is 27.6 Å². The van der Waals surface area contributed by atoms with Gasteiger partial charge in [-0.05, 0) is 28.4 Å². The Kier molecular flexibility index (Phi) is 4.12. The van der Waals surface area contributed by atoms with Crippen LogP contribution in [0.5, 0.6) is 0 Å². The summed E-state index contributed by atoms with van der Waals surface area (Å²) in [6.45, 7) is 2.01. The Morgan fingerprint density at radius 2 is 2.25 bits per heavy atom. The first kappa shape index (κ1) is 12.8. The van der Waals surface area contributed by atoms with Gasteiger partial charge in [0, 0.05) is 12.7 Å². The lowest BCUT2D eigenvalue weighted by Gasteiger charge is -2.09. The van der Waals surface area contributed by atoms with Gasteiger partial charge >= 0.3 is 5.97 Å². The van der Waals surface area contributed by atoms with Crippen LogP contribution in [0.2, 0.25) is 0 Å². The summed E-state index contributed by atoms with van der Waals surface area (Å²) in [5, 5.41) is 0. The Labute approximate surface area is 101 Å². The van der Waals surface area contributed by atoms with Crippen LogP contribution in [-0.2, 0) is 16.1 Å². The minimum atomic E-state index is -0.359. The average Bonchev–Trinajstić information content (AvgIpc) is 2.28. The van der Waals surface area contributed by atoms with E-state index >= 15 is 0 Å². The zero-order valence-electron chi connectivity index (χ0n) is 9.12. The molecule has 0 radical (unpaired) electrons. The van der Waals surface area contributed by atoms with Crippen LogP contribution in [0.3, 0.4) is 0 Å². The number of ether oxygens (including phenoxy) is 1. The van der Waals surface area contributed by atoms with E-state index in [0.717, 1.165) is 0 Å². The van der Waals surface area contributed by atoms with Gasteiger partial charge in [0.1, 0.15) is 0 Å². The number of nitrogen functional groups attached to an aromatic ring is 1. The number of methoxy groups -OCH3 is 1. The Balaban J connectivity index is 2.98. The maximum atomic E-state index is 11.8. The average molecular weight is 289 g/mol. The number of aryl methyl sites for hydroxylation is 1. The molecule has 16 heavy (non-hydrogen) atoms. The molecule has 0 amide bonds. The summed E-state index contributed by atoms with van der Waals surface area (Å²) in [6.07, 6.45) is 1.68. The van der Waals surface area contributed by atoms with Crippen molar-refractivity contribution in [1.82, 2.24) is 4.57 Å². The highest BCUT2D eigenvalue weighted by atomic mass is 79.9. The van der Waals surface area contributed by atoms with Gasteiger partial charge in [-0.2, -0.15) is 0 Å². The molecule has 88 valence electrons. The molecular formula is C10H13BrN2O3. The highest BCUT2D eigenvalue weighted by Crippen LogP contribution is 2.17. The third-order valence-electron chi connectivity index (χ3n) is 2.29. The van der Waals surface area contributed by atoms with Gasteiger partial charge < -0.3 is 15.0 Å². The molecule has 0 fully saturated rings. The van der Waals surface area contributed by atoms with E-state index in [1.807, 2.05) is 0 Å². The van der Waals surface area contributed by atoms with E-state index < -0.39 is 0 Å². The number of nitrogens with two attached hydrogens (primary N) is 1. The fourth-order valence-corrected chi connectivity index (χ4v) is 1.67. The summed E-state index contributed by atoms with van der Waals surface area (Å²) >= 11 is 3.18. The second-order valence-corrected chi connectivity index (χ2v) is 4.14. The molecular weight excluding hydrogens is 276 g/mol. The van der Waals surface area contributed by atoms with Crippen LogP contribution >= 0.6 is 15.9 Å². The molecule has 0 aliphatic rings. The van der Waals surface area contributed by atoms with Crippen LogP contribution in [0.1, 0.15) is 12.0 Å². The Bertz CT molecular complexity index is 468. The Morgan fingerprint density at radius 1 is 1.62 bits per heavy atom. The lowest BCUT2D eigenvalue weighted by Crippen LogP contribution is -2.23. The van der Waals surface area contributed by atoms with Crippen LogP contribution in [-0.4, -0.2) is 17.6 Å². The smallest absolute Gasteiger partial charge is 0.307 e. The molecule has 0 aromatic carbocycles. The normalized spacial score (nSPS) is 10.2. The van der Waals surface area contributed by atoms with Crippen molar-refractivity contribution in [3.63, 3.8) is 0 Å². The molecule has 0 aliphatic carbocycles. The van der Waals surface area contributed by atoms with E-state index in [1.165, 1.54) is 17.9 Å². The van der Waals surface area contributed by atoms with E-state index in [9.17, 15) is 9.59 Å². The number of carbonyl (C=O) groups is 1. The fourth-order valence-electron chi connectivity index (χ4n) is 1.22. The molecule has 0 saturated heterocycles. The van der Waals surface area contributed by atoms with Gasteiger partial charge in [0.25, 0.3) is 5.56 Å². The minimum Gasteiger partial charge on any atom is -0.469 e. The van der Waals surface area contributed by atoms with Crippen molar-refractivity contribution in [2.45, 2.75) is 19.9 Å². The van der Waals surface area contributed by atoms with Crippen LogP contribution in [0, 0.1) is 6.92 Å². The molecule has 0 bridgehead atoms. The summed E-state index contributed by atoms with van der Waals surface area (Å²) in [4.78, 5) is 22.7. The quantitative estimate of drug-likeness (QED) is 0.844. The second kappa shape index (κ2) is 5.16. The van der Waals surface area contributed by atoms with Gasteiger partial charge in [-0.15, -0.1) is 0 Å². The van der Waals surface area contributed by atoms with Crippen LogP contribution in [0.4, 0.5) is 5.69 Å². The zero-order valence-corrected chi connectivity index (χ0v) is 10.7. The molecule has 6 heteroatoms. The predicted molar refractivity (Wildman–Crippen MR) is 64.2 cm³/mol. The molecule has 0 unspecified atom stereocenters. The molecule has 1 heterocycles. The van der Waals surface area contributed by atoms with Crippen molar-refractivity contribution < 1.29 is 9.53 Å². The molecule has 1 rings (SSSR count). The summed E-state index contributed by atoms with van der Waals surface area (Å²) < 4.78 is 6.32. The third kappa shape index (κ3) is 2.63. The van der Waals surface area contributed by atoms with Crippen molar-refractivity contribution in [2.24, 2.45) is 0 Å². The van der Waals surface area contributed by atoms with Gasteiger partial charge in [0.2, 0.25) is 0 Å². The summed E-state index contributed by atoms with van der Waals surface area (Å²) in [6, 6.07) is 0. The molecule has 5 nitrogen and oxygen atoms in total. The Hall–Kier alpha value is -1.30. The van der Waals surface area contributed by atoms with Gasteiger partial charge in [0.15, 0.2) is 0 Å². The topological polar surface area (TPSA) is 74.3 Å². The molecule has 0 spiro atoms. The number of nitrogens with zero attached hydrogens (tertiary/aromatic N) is 1. The first-order valence-electron chi connectivity index (χ1n) is 4.69. The number of carbonyl (C=O) groups excluding carboxylic acids is 1. The van der Waals surface area contributed by atoms with Gasteiger partial charge in [-0.3, -0.25) is 9.59 Å². The van der Waals surface area contributed by atoms with Crippen LogP contribution in [0.25, 0.3) is 0 Å². The highest BCUT2D eigenvalue weighted by molar-refractivity contribution is 9.10. The van der Waals surface area contributed by atoms with E-state index in [4.69, 9.17) is 5.73 Å². The van der Waals surface area contributed by atoms with Gasteiger partial charge in [-0.1, -0.05) is 0 Å². The summed E-state index contributed by atoms with van der Waals surface area (Å²) in [5.74, 6) is -0.359. The summed E-state index contributed by atoms with van der Waals surface area (Å²) in [7, 11) is 1.31. The van der Waals surface area contributed by atoms with E-state index in [2.05, 4.69) is 20.7 Å². The fraction of sp³-hybridized carbons (Fsp3) is 0.400. The molecule has 0 atom stereocenters. The number of rotatable bonds is 3. The second-order valence-electron chi connectivity index (χ2n) is 3.35. The van der Waals surface area contributed by atoms with Crippen LogP contribution < -0.4 is 11.3 Å². The van der Waals surface area contributed by atoms with E-state index in [1.54, 1.807) is 6.92 Å². The predicted octanol–water partition coefficient (Wildman–Crippen LogP) is 1.06. The lowest BCUT2D eigenvalue weighted by atomic mass is 10.2. The summed E-state index contributed by atoms with van der Waals surface area (Å²) in [5.41, 5.74) is 6.74. The lowest BCUT2D eigenvalue weighted by molar-refractivity contribution is -0.140. The SMILES string of the molecule is COC(=O)CCn1cc(N)c(C)c(Br)c1=O. The monoisotopic (exact) mass is 288 g/mol. The van der Waals surface area contributed by atoms with Crippen LogP contribution in [0.15, 0.2) is 15.5 Å². The maximum absolute atomic E-state index is 11.8. The number of hydrogen-bond acceptors (Lipinski definition) is 4. The highest BCUT2D eigenvalue weighted by Gasteiger charge is 2.09. The maximum Gasteiger partial charge on any atom is 0.307 e. The van der Waals surface area contributed by atoms with Gasteiger partial charge in [-0.25, -0.2) is 0 Å². The van der Waals surface area contributed by atoms with Gasteiger partial charge in [0.05, 0.1) is 23.7 Å². The largest absolute Gasteiger partial charge is 0.469 e. The first-order valence-corrected chi connectivity index (χ1v) is 5.48. The van der Waals surface area contributed by atoms with Crippen molar-refractivity contribution in [1.29, 1.82) is 0 Å². The number of aromatic nitrogens is 1. The number of halogens is 1. The first-order chi connectivity index (χ1) is 7.47. The van der Waals surface area contributed by atoms with Crippen molar-refractivity contribution in [2.75, 3.05) is 12.8 Å². The Morgan fingerprint density at radius 3 is 2.81 bits per heavy atom. The number of esters is 1. The molecule has 1 aromatic rings. The molecule has 2 N–H and O–H groups in total. The molecule has 0 aliphatic heterocycles. The minimum absolute atomic E-state index is 0.144. The standard InChI is InChI=1S/C10H13BrN2O3/c1-6-7(12)5-13(10(15)9(6)11)4-3-8(14)16-2/h5H,3-4,12H2,1-2H3. The van der Waals surface area contributed by atoms with E-state index in [0.29, 0.717) is 15.7 Å². The zero-order chi connectivity index (χ0) is 12.3. The van der Waals surface area contributed by atoms with E-state index in [-0.39, 0.29) is 24.5 Å². The molecule has 0 saturated carbocycles. The number of hydrogen-bond donors (Lipinski definition) is 1. The van der Waals surface area contributed by atoms with Crippen molar-refractivity contribution in [3.8, 4) is 0 Å². The van der Waals surface area contributed by atoms with Crippen molar-refractivity contribution in [3.05, 3.63) is 26.6 Å². The number of pyridine rings is 1.